The van der Waals surface area contributed by atoms with Crippen molar-refractivity contribution in [1.82, 2.24) is 10.3 Å². The number of hydrogen-bond donors (Lipinski definition) is 1. The maximum absolute atomic E-state index is 4.22. The Morgan fingerprint density at radius 1 is 1.25 bits per heavy atom. The van der Waals surface area contributed by atoms with Crippen molar-refractivity contribution in [3.8, 4) is 0 Å². The minimum atomic E-state index is 0.452. The largest absolute Gasteiger partial charge is 0.313 e. The summed E-state index contributed by atoms with van der Waals surface area (Å²) in [5.74, 6) is 0.726. The minimum absolute atomic E-state index is 0.452. The Balaban J connectivity index is 2.77. The Bertz CT molecular complexity index is 265. The van der Waals surface area contributed by atoms with Crippen LogP contribution in [0, 0.1) is 5.92 Å². The second kappa shape index (κ2) is 7.39. The zero-order valence-corrected chi connectivity index (χ0v) is 10.7. The van der Waals surface area contributed by atoms with Crippen LogP contribution in [0.5, 0.6) is 0 Å². The van der Waals surface area contributed by atoms with Gasteiger partial charge in [-0.25, -0.2) is 0 Å². The molecule has 0 aliphatic rings. The smallest absolute Gasteiger partial charge is 0.0361 e. The normalized spacial score (nSPS) is 13.0. The maximum atomic E-state index is 4.22. The fourth-order valence-electron chi connectivity index (χ4n) is 2.45. The van der Waals surface area contributed by atoms with Gasteiger partial charge in [-0.2, -0.15) is 0 Å². The lowest BCUT2D eigenvalue weighted by atomic mass is 9.87. The zero-order valence-electron chi connectivity index (χ0n) is 10.7. The number of pyridine rings is 1. The van der Waals surface area contributed by atoms with Crippen LogP contribution in [0.2, 0.25) is 0 Å². The van der Waals surface area contributed by atoms with E-state index in [1.165, 1.54) is 31.2 Å². The molecule has 90 valence electrons. The van der Waals surface area contributed by atoms with Gasteiger partial charge in [-0.3, -0.25) is 4.98 Å². The highest BCUT2D eigenvalue weighted by atomic mass is 14.9. The van der Waals surface area contributed by atoms with Gasteiger partial charge in [0.25, 0.3) is 0 Å². The molecule has 1 aromatic rings. The molecule has 0 aromatic carbocycles. The van der Waals surface area contributed by atoms with E-state index >= 15 is 0 Å². The van der Waals surface area contributed by atoms with Gasteiger partial charge in [0, 0.05) is 18.4 Å². The third-order valence-corrected chi connectivity index (χ3v) is 3.14. The molecular formula is C14H24N2. The first-order chi connectivity index (χ1) is 7.83. The number of hydrogen-bond acceptors (Lipinski definition) is 2. The first kappa shape index (κ1) is 13.2. The fraction of sp³-hybridized carbons (Fsp3) is 0.643. The van der Waals surface area contributed by atoms with Gasteiger partial charge in [0.15, 0.2) is 0 Å². The van der Waals surface area contributed by atoms with Crippen molar-refractivity contribution in [2.45, 2.75) is 45.6 Å². The van der Waals surface area contributed by atoms with E-state index in [9.17, 15) is 0 Å². The van der Waals surface area contributed by atoms with Crippen molar-refractivity contribution in [2.75, 3.05) is 7.05 Å². The van der Waals surface area contributed by atoms with E-state index in [1.54, 1.807) is 0 Å². The second-order valence-electron chi connectivity index (χ2n) is 4.39. The van der Waals surface area contributed by atoms with E-state index < -0.39 is 0 Å². The fourth-order valence-corrected chi connectivity index (χ4v) is 2.45. The average molecular weight is 220 g/mol. The van der Waals surface area contributed by atoms with Gasteiger partial charge in [-0.1, -0.05) is 32.8 Å². The predicted octanol–water partition coefficient (Wildman–Crippen LogP) is 3.56. The molecule has 0 saturated carbocycles. The van der Waals surface area contributed by atoms with Gasteiger partial charge in [0.1, 0.15) is 0 Å². The van der Waals surface area contributed by atoms with E-state index in [0.29, 0.717) is 6.04 Å². The molecule has 0 fully saturated rings. The Kier molecular flexibility index (Phi) is 6.09. The molecule has 1 aromatic heterocycles. The highest BCUT2D eigenvalue weighted by Gasteiger charge is 2.20. The van der Waals surface area contributed by atoms with Gasteiger partial charge in [-0.15, -0.1) is 0 Å². The Hall–Kier alpha value is -0.890. The van der Waals surface area contributed by atoms with Crippen LogP contribution in [0.15, 0.2) is 24.5 Å². The number of nitrogens with one attached hydrogen (secondary N) is 1. The molecule has 0 amide bonds. The molecule has 0 saturated heterocycles. The van der Waals surface area contributed by atoms with Crippen molar-refractivity contribution in [1.29, 1.82) is 0 Å². The van der Waals surface area contributed by atoms with Crippen molar-refractivity contribution >= 4 is 0 Å². The average Bonchev–Trinajstić information content (AvgIpc) is 2.32. The predicted molar refractivity (Wildman–Crippen MR) is 69.3 cm³/mol. The topological polar surface area (TPSA) is 24.9 Å². The molecular weight excluding hydrogens is 196 g/mol. The lowest BCUT2D eigenvalue weighted by Crippen LogP contribution is -2.25. The molecule has 0 aliphatic carbocycles. The molecule has 1 unspecified atom stereocenters. The molecule has 1 heterocycles. The molecule has 0 spiro atoms. The van der Waals surface area contributed by atoms with Crippen LogP contribution < -0.4 is 5.32 Å². The van der Waals surface area contributed by atoms with E-state index in [1.807, 2.05) is 18.5 Å². The summed E-state index contributed by atoms with van der Waals surface area (Å²) in [5.41, 5.74) is 1.32. The van der Waals surface area contributed by atoms with E-state index in [0.717, 1.165) is 5.92 Å². The molecule has 0 radical (unpaired) electrons. The van der Waals surface area contributed by atoms with E-state index in [2.05, 4.69) is 37.3 Å². The van der Waals surface area contributed by atoms with Crippen LogP contribution in [0.25, 0.3) is 0 Å². The summed E-state index contributed by atoms with van der Waals surface area (Å²) in [6, 6.07) is 4.65. The van der Waals surface area contributed by atoms with Gasteiger partial charge < -0.3 is 5.32 Å². The summed E-state index contributed by atoms with van der Waals surface area (Å²) in [5, 5.41) is 3.45. The highest BCUT2D eigenvalue weighted by Crippen LogP contribution is 2.28. The van der Waals surface area contributed by atoms with Crippen LogP contribution in [0.1, 0.15) is 51.1 Å². The molecule has 0 aliphatic heterocycles. The first-order valence-electron chi connectivity index (χ1n) is 6.40. The summed E-state index contributed by atoms with van der Waals surface area (Å²) in [6.45, 7) is 4.53. The SMILES string of the molecule is CCCC(CCC)C(NC)c1cccnc1. The third kappa shape index (κ3) is 3.60. The summed E-state index contributed by atoms with van der Waals surface area (Å²) in [4.78, 5) is 4.22. The van der Waals surface area contributed by atoms with E-state index in [-0.39, 0.29) is 0 Å². The zero-order chi connectivity index (χ0) is 11.8. The molecule has 1 N–H and O–H groups in total. The van der Waals surface area contributed by atoms with Gasteiger partial charge in [0.2, 0.25) is 0 Å². The van der Waals surface area contributed by atoms with Crippen molar-refractivity contribution in [3.63, 3.8) is 0 Å². The summed E-state index contributed by atoms with van der Waals surface area (Å²) < 4.78 is 0. The first-order valence-corrected chi connectivity index (χ1v) is 6.40. The molecule has 0 bridgehead atoms. The van der Waals surface area contributed by atoms with Crippen LogP contribution in [0.4, 0.5) is 0 Å². The number of aromatic nitrogens is 1. The number of rotatable bonds is 7. The van der Waals surface area contributed by atoms with Crippen LogP contribution in [-0.2, 0) is 0 Å². The van der Waals surface area contributed by atoms with E-state index in [4.69, 9.17) is 0 Å². The van der Waals surface area contributed by atoms with Crippen LogP contribution >= 0.6 is 0 Å². The van der Waals surface area contributed by atoms with Gasteiger partial charge in [-0.05, 0) is 37.4 Å². The molecule has 16 heavy (non-hydrogen) atoms. The van der Waals surface area contributed by atoms with Crippen LogP contribution in [-0.4, -0.2) is 12.0 Å². The third-order valence-electron chi connectivity index (χ3n) is 3.14. The lowest BCUT2D eigenvalue weighted by Gasteiger charge is -2.26. The van der Waals surface area contributed by atoms with Gasteiger partial charge in [0.05, 0.1) is 0 Å². The Morgan fingerprint density at radius 2 is 1.94 bits per heavy atom. The number of nitrogens with zero attached hydrogens (tertiary/aromatic N) is 1. The highest BCUT2D eigenvalue weighted by molar-refractivity contribution is 5.14. The molecule has 2 heteroatoms. The van der Waals surface area contributed by atoms with Crippen molar-refractivity contribution in [2.24, 2.45) is 5.92 Å². The van der Waals surface area contributed by atoms with Gasteiger partial charge >= 0.3 is 0 Å². The van der Waals surface area contributed by atoms with Crippen LogP contribution in [0.3, 0.4) is 0 Å². The standard InChI is InChI=1S/C14H24N2/c1-4-7-12(8-5-2)14(15-3)13-9-6-10-16-11-13/h6,9-12,14-15H,4-5,7-8H2,1-3H3. The monoisotopic (exact) mass is 220 g/mol. The van der Waals surface area contributed by atoms with Crippen molar-refractivity contribution in [3.05, 3.63) is 30.1 Å². The van der Waals surface area contributed by atoms with Crippen molar-refractivity contribution < 1.29 is 0 Å². The summed E-state index contributed by atoms with van der Waals surface area (Å²) in [7, 11) is 2.05. The lowest BCUT2D eigenvalue weighted by molar-refractivity contribution is 0.330. The molecule has 2 nitrogen and oxygen atoms in total. The maximum Gasteiger partial charge on any atom is 0.0361 e. The summed E-state index contributed by atoms with van der Waals surface area (Å²) >= 11 is 0. The Labute approximate surface area is 99.5 Å². The molecule has 1 atom stereocenters. The quantitative estimate of drug-likeness (QED) is 0.760. The summed E-state index contributed by atoms with van der Waals surface area (Å²) in [6.07, 6.45) is 8.90. The second-order valence-corrected chi connectivity index (χ2v) is 4.39. The minimum Gasteiger partial charge on any atom is -0.313 e. The molecule has 1 rings (SSSR count). The Morgan fingerprint density at radius 3 is 2.38 bits per heavy atom.